The molecule has 2 aliphatic heterocycles. The molecule has 5 nitrogen and oxygen atoms in total. The van der Waals surface area contributed by atoms with Crippen molar-refractivity contribution >= 4 is 12.4 Å². The van der Waals surface area contributed by atoms with Gasteiger partial charge < -0.3 is 18.9 Å². The maximum atomic E-state index is 6.26. The molecule has 39 heavy (non-hydrogen) atoms. The molecule has 202 valence electrons. The summed E-state index contributed by atoms with van der Waals surface area (Å²) in [6, 6.07) is 29.5. The third kappa shape index (κ3) is 5.70. The predicted molar refractivity (Wildman–Crippen MR) is 155 cm³/mol. The highest BCUT2D eigenvalue weighted by atomic mass is 35.5. The summed E-state index contributed by atoms with van der Waals surface area (Å²) >= 11 is 0. The monoisotopic (exact) mass is 543 g/mol. The summed E-state index contributed by atoms with van der Waals surface area (Å²) in [6.45, 7) is 2.92. The summed E-state index contributed by atoms with van der Waals surface area (Å²) in [5.74, 6) is 3.18. The Kier molecular flexibility index (Phi) is 8.30. The maximum Gasteiger partial charge on any atom is 0.162 e. The molecule has 0 aliphatic carbocycles. The summed E-state index contributed by atoms with van der Waals surface area (Å²) < 4.78 is 23.9. The van der Waals surface area contributed by atoms with E-state index in [2.05, 4.69) is 53.4 Å². The normalized spacial score (nSPS) is 15.7. The van der Waals surface area contributed by atoms with Crippen LogP contribution in [0.2, 0.25) is 0 Å². The number of hydrogen-bond donors (Lipinski definition) is 0. The molecule has 0 fully saturated rings. The van der Waals surface area contributed by atoms with Crippen LogP contribution in [0.25, 0.3) is 0 Å². The van der Waals surface area contributed by atoms with Gasteiger partial charge in [-0.3, -0.25) is 4.90 Å². The van der Waals surface area contributed by atoms with Crippen molar-refractivity contribution in [2.45, 2.75) is 38.6 Å². The zero-order valence-corrected chi connectivity index (χ0v) is 23.2. The predicted octanol–water partition coefficient (Wildman–Crippen LogP) is 6.94. The summed E-state index contributed by atoms with van der Waals surface area (Å²) in [7, 11) is 3.43. The zero-order chi connectivity index (χ0) is 25.9. The lowest BCUT2D eigenvalue weighted by atomic mass is 9.83. The molecular formula is C33H34ClNO4. The second kappa shape index (κ2) is 12.0. The van der Waals surface area contributed by atoms with E-state index >= 15 is 0 Å². The first-order chi connectivity index (χ1) is 18.7. The van der Waals surface area contributed by atoms with Crippen molar-refractivity contribution in [3.8, 4) is 23.0 Å². The van der Waals surface area contributed by atoms with Gasteiger partial charge in [-0.05, 0) is 70.5 Å². The lowest BCUT2D eigenvalue weighted by Gasteiger charge is -2.42. The minimum absolute atomic E-state index is 0. The molecule has 6 heteroatoms. The third-order valence-electron chi connectivity index (χ3n) is 7.64. The van der Waals surface area contributed by atoms with Crippen LogP contribution in [0.4, 0.5) is 0 Å². The lowest BCUT2D eigenvalue weighted by molar-refractivity contribution is 0.159. The number of ether oxygens (including phenoxy) is 4. The lowest BCUT2D eigenvalue weighted by Crippen LogP contribution is -2.39. The Hall–Kier alpha value is -3.67. The van der Waals surface area contributed by atoms with Gasteiger partial charge in [-0.15, -0.1) is 12.4 Å². The van der Waals surface area contributed by atoms with Crippen molar-refractivity contribution < 1.29 is 18.9 Å². The van der Waals surface area contributed by atoms with Crippen molar-refractivity contribution in [3.05, 3.63) is 118 Å². The first-order valence-electron chi connectivity index (χ1n) is 13.2. The Bertz CT molecular complexity index is 1410. The van der Waals surface area contributed by atoms with E-state index in [0.717, 1.165) is 60.1 Å². The molecule has 6 rings (SSSR count). The van der Waals surface area contributed by atoms with Gasteiger partial charge in [0.2, 0.25) is 0 Å². The van der Waals surface area contributed by atoms with Crippen LogP contribution in [0.3, 0.4) is 0 Å². The van der Waals surface area contributed by atoms with Crippen LogP contribution in [-0.2, 0) is 32.6 Å². The minimum Gasteiger partial charge on any atom is -0.493 e. The number of benzene rings is 4. The Balaban J connectivity index is 0.00000308. The summed E-state index contributed by atoms with van der Waals surface area (Å²) in [5.41, 5.74) is 7.56. The van der Waals surface area contributed by atoms with Crippen molar-refractivity contribution in [1.82, 2.24) is 4.90 Å². The van der Waals surface area contributed by atoms with Crippen LogP contribution in [0, 0.1) is 0 Å². The highest BCUT2D eigenvalue weighted by Gasteiger charge is 2.34. The van der Waals surface area contributed by atoms with Gasteiger partial charge in [-0.2, -0.15) is 0 Å². The van der Waals surface area contributed by atoms with Crippen LogP contribution in [0.1, 0.15) is 39.4 Å². The van der Waals surface area contributed by atoms with Crippen LogP contribution < -0.4 is 18.9 Å². The topological polar surface area (TPSA) is 40.2 Å². The second-order valence-corrected chi connectivity index (χ2v) is 9.96. The average molecular weight is 544 g/mol. The van der Waals surface area contributed by atoms with E-state index in [-0.39, 0.29) is 18.4 Å². The van der Waals surface area contributed by atoms with E-state index in [9.17, 15) is 0 Å². The van der Waals surface area contributed by atoms with E-state index in [1.165, 1.54) is 22.3 Å². The highest BCUT2D eigenvalue weighted by molar-refractivity contribution is 5.85. The molecule has 0 unspecified atom stereocenters. The van der Waals surface area contributed by atoms with Gasteiger partial charge in [-0.1, -0.05) is 60.7 Å². The fraction of sp³-hybridized carbons (Fsp3) is 0.273. The molecule has 0 saturated carbocycles. The summed E-state index contributed by atoms with van der Waals surface area (Å²) in [5, 5.41) is 0. The van der Waals surface area contributed by atoms with E-state index in [0.29, 0.717) is 13.2 Å². The Morgan fingerprint density at radius 2 is 1.21 bits per heavy atom. The fourth-order valence-corrected chi connectivity index (χ4v) is 5.61. The van der Waals surface area contributed by atoms with Crippen molar-refractivity contribution in [1.29, 1.82) is 0 Å². The standard InChI is InChI=1S/C33H33NO4.ClH/c1-35-30-16-25-13-14-34-20-27-18-32(37-21-23-9-5-3-6-10-23)31(36-2)17-26(27)15-29(34)28(25)19-33(30)38-22-24-11-7-4-8-12-24;/h3-12,16-19,29H,13-15,20-22H2,1-2H3;1H/t29-;/m0./s1. The van der Waals surface area contributed by atoms with Crippen molar-refractivity contribution in [2.24, 2.45) is 0 Å². The smallest absolute Gasteiger partial charge is 0.162 e. The Labute approximate surface area is 236 Å². The van der Waals surface area contributed by atoms with E-state index in [4.69, 9.17) is 18.9 Å². The van der Waals surface area contributed by atoms with Gasteiger partial charge in [0.05, 0.1) is 14.2 Å². The van der Waals surface area contributed by atoms with Crippen LogP contribution in [0.5, 0.6) is 23.0 Å². The highest BCUT2D eigenvalue weighted by Crippen LogP contribution is 2.44. The largest absolute Gasteiger partial charge is 0.493 e. The molecule has 4 aromatic rings. The molecule has 0 radical (unpaired) electrons. The molecule has 0 saturated heterocycles. The molecule has 0 spiro atoms. The van der Waals surface area contributed by atoms with Gasteiger partial charge in [0.25, 0.3) is 0 Å². The molecule has 0 amide bonds. The molecule has 2 aliphatic rings. The van der Waals surface area contributed by atoms with Gasteiger partial charge >= 0.3 is 0 Å². The van der Waals surface area contributed by atoms with Gasteiger partial charge in [-0.25, -0.2) is 0 Å². The summed E-state index contributed by atoms with van der Waals surface area (Å²) in [4.78, 5) is 2.57. The van der Waals surface area contributed by atoms with Gasteiger partial charge in [0, 0.05) is 19.1 Å². The molecular weight excluding hydrogens is 510 g/mol. The Morgan fingerprint density at radius 3 is 1.79 bits per heavy atom. The Morgan fingerprint density at radius 1 is 0.667 bits per heavy atom. The third-order valence-corrected chi connectivity index (χ3v) is 7.64. The van der Waals surface area contributed by atoms with E-state index < -0.39 is 0 Å². The van der Waals surface area contributed by atoms with Crippen LogP contribution in [0.15, 0.2) is 84.9 Å². The van der Waals surface area contributed by atoms with Crippen molar-refractivity contribution in [2.75, 3.05) is 20.8 Å². The number of halogens is 1. The molecule has 4 aromatic carbocycles. The number of nitrogens with zero attached hydrogens (tertiary/aromatic N) is 1. The summed E-state index contributed by atoms with van der Waals surface area (Å²) in [6.07, 6.45) is 1.91. The zero-order valence-electron chi connectivity index (χ0n) is 22.4. The van der Waals surface area contributed by atoms with Crippen LogP contribution in [-0.4, -0.2) is 25.7 Å². The van der Waals surface area contributed by atoms with E-state index in [1.807, 2.05) is 36.4 Å². The maximum absolute atomic E-state index is 6.26. The SMILES string of the molecule is COc1cc2c(cc1OCc1ccccc1)CN1CCc3cc(OC)c(OCc4ccccc4)cc3[C@@H]1C2.Cl. The minimum atomic E-state index is 0. The second-order valence-electron chi connectivity index (χ2n) is 9.96. The number of rotatable bonds is 8. The first-order valence-corrected chi connectivity index (χ1v) is 13.2. The molecule has 2 heterocycles. The van der Waals surface area contributed by atoms with Crippen LogP contribution >= 0.6 is 12.4 Å². The van der Waals surface area contributed by atoms with Gasteiger partial charge in [0.1, 0.15) is 13.2 Å². The fourth-order valence-electron chi connectivity index (χ4n) is 5.61. The van der Waals surface area contributed by atoms with E-state index in [1.54, 1.807) is 14.2 Å². The average Bonchev–Trinajstić information content (AvgIpc) is 2.98. The van der Waals surface area contributed by atoms with Gasteiger partial charge in [0.15, 0.2) is 23.0 Å². The molecule has 0 bridgehead atoms. The molecule has 0 aromatic heterocycles. The number of hydrogen-bond acceptors (Lipinski definition) is 5. The number of methoxy groups -OCH3 is 2. The first kappa shape index (κ1) is 26.9. The number of fused-ring (bicyclic) bond motifs is 4. The molecule has 1 atom stereocenters. The molecule has 0 N–H and O–H groups in total. The van der Waals surface area contributed by atoms with Crippen molar-refractivity contribution in [3.63, 3.8) is 0 Å². The quantitative estimate of drug-likeness (QED) is 0.241.